The van der Waals surface area contributed by atoms with Gasteiger partial charge in [0.05, 0.1) is 11.1 Å². The summed E-state index contributed by atoms with van der Waals surface area (Å²) in [4.78, 5) is 24.3. The number of carbonyl (C=O) groups excluding carboxylic acids is 2. The lowest BCUT2D eigenvalue weighted by molar-refractivity contribution is 0.0953. The molecule has 0 unspecified atom stereocenters. The smallest absolute Gasteiger partial charge is 0.257 e. The number of hydrogen-bond donors (Lipinski definition) is 3. The zero-order chi connectivity index (χ0) is 22.1. The molecule has 6 nitrogen and oxygen atoms in total. The summed E-state index contributed by atoms with van der Waals surface area (Å²) in [6.45, 7) is 7.33. The number of anilines is 1. The van der Waals surface area contributed by atoms with Crippen LogP contribution in [0.15, 0.2) is 46.9 Å². The van der Waals surface area contributed by atoms with Crippen molar-refractivity contribution in [3.05, 3.63) is 58.1 Å². The van der Waals surface area contributed by atoms with Gasteiger partial charge in [-0.3, -0.25) is 14.9 Å². The summed E-state index contributed by atoms with van der Waals surface area (Å²) in [5.74, 6) is 0.787. The molecular weight excluding hydrogens is 466 g/mol. The van der Waals surface area contributed by atoms with E-state index in [1.807, 2.05) is 6.92 Å². The van der Waals surface area contributed by atoms with Crippen molar-refractivity contribution in [2.45, 2.75) is 27.2 Å². The zero-order valence-corrected chi connectivity index (χ0v) is 19.7. The fourth-order valence-corrected chi connectivity index (χ4v) is 3.17. The van der Waals surface area contributed by atoms with Crippen LogP contribution in [-0.2, 0) is 0 Å². The third-order valence-electron chi connectivity index (χ3n) is 4.12. The molecule has 0 aliphatic carbocycles. The summed E-state index contributed by atoms with van der Waals surface area (Å²) in [5, 5.41) is 8.49. The predicted octanol–water partition coefficient (Wildman–Crippen LogP) is 4.75. The third-order valence-corrected chi connectivity index (χ3v) is 4.94. The maximum absolute atomic E-state index is 12.5. The van der Waals surface area contributed by atoms with Crippen LogP contribution in [0.2, 0.25) is 0 Å². The molecule has 8 heteroatoms. The molecule has 2 aromatic carbocycles. The zero-order valence-electron chi connectivity index (χ0n) is 17.3. The molecule has 2 amide bonds. The Labute approximate surface area is 190 Å². The second-order valence-corrected chi connectivity index (χ2v) is 8.28. The Morgan fingerprint density at radius 1 is 1.07 bits per heavy atom. The van der Waals surface area contributed by atoms with Crippen LogP contribution in [0.5, 0.6) is 5.75 Å². The number of amides is 2. The van der Waals surface area contributed by atoms with Crippen LogP contribution in [0, 0.1) is 5.92 Å². The molecule has 0 aliphatic rings. The Bertz CT molecular complexity index is 901. The van der Waals surface area contributed by atoms with E-state index >= 15 is 0 Å². The van der Waals surface area contributed by atoms with Crippen LogP contribution in [0.3, 0.4) is 0 Å². The maximum Gasteiger partial charge on any atom is 0.257 e. The van der Waals surface area contributed by atoms with Crippen LogP contribution < -0.4 is 20.7 Å². The van der Waals surface area contributed by atoms with E-state index in [0.29, 0.717) is 46.1 Å². The van der Waals surface area contributed by atoms with Crippen molar-refractivity contribution < 1.29 is 14.3 Å². The molecule has 0 fully saturated rings. The van der Waals surface area contributed by atoms with Crippen LogP contribution in [-0.4, -0.2) is 30.1 Å². The van der Waals surface area contributed by atoms with Crippen LogP contribution >= 0.6 is 28.1 Å². The molecule has 3 N–H and O–H groups in total. The minimum Gasteiger partial charge on any atom is -0.492 e. The van der Waals surface area contributed by atoms with Gasteiger partial charge in [-0.05, 0) is 89.9 Å². The van der Waals surface area contributed by atoms with Crippen LogP contribution in [0.25, 0.3) is 0 Å². The van der Waals surface area contributed by atoms with E-state index in [-0.39, 0.29) is 16.9 Å². The van der Waals surface area contributed by atoms with Gasteiger partial charge in [0.2, 0.25) is 0 Å². The van der Waals surface area contributed by atoms with Crippen molar-refractivity contribution >= 4 is 50.8 Å². The van der Waals surface area contributed by atoms with Crippen molar-refractivity contribution in [2.75, 3.05) is 18.5 Å². The molecule has 0 heterocycles. The van der Waals surface area contributed by atoms with Gasteiger partial charge in [-0.15, -0.1) is 0 Å². The molecular formula is C22H26BrN3O3S. The first-order chi connectivity index (χ1) is 14.3. The SMILES string of the molecule is CCNC(=O)c1ccc(NC(=S)NC(=O)c2ccc(OCCC(C)C)c(Br)c2)cc1. The van der Waals surface area contributed by atoms with Crippen molar-refractivity contribution in [3.8, 4) is 5.75 Å². The Morgan fingerprint density at radius 2 is 1.73 bits per heavy atom. The van der Waals surface area contributed by atoms with Gasteiger partial charge in [0.25, 0.3) is 11.8 Å². The Morgan fingerprint density at radius 3 is 2.33 bits per heavy atom. The number of ether oxygens (including phenoxy) is 1. The molecule has 0 radical (unpaired) electrons. The summed E-state index contributed by atoms with van der Waals surface area (Å²) in [7, 11) is 0. The van der Waals surface area contributed by atoms with Crippen molar-refractivity contribution in [2.24, 2.45) is 5.92 Å². The Balaban J connectivity index is 1.91. The first-order valence-electron chi connectivity index (χ1n) is 9.73. The summed E-state index contributed by atoms with van der Waals surface area (Å²) in [6.07, 6.45) is 0.957. The number of halogens is 1. The van der Waals surface area contributed by atoms with Gasteiger partial charge in [0.15, 0.2) is 5.11 Å². The van der Waals surface area contributed by atoms with E-state index in [1.54, 1.807) is 42.5 Å². The Hall–Kier alpha value is -2.45. The van der Waals surface area contributed by atoms with E-state index in [1.165, 1.54) is 0 Å². The van der Waals surface area contributed by atoms with Crippen LogP contribution in [0.1, 0.15) is 47.9 Å². The quantitative estimate of drug-likeness (QED) is 0.464. The highest BCUT2D eigenvalue weighted by molar-refractivity contribution is 9.10. The van der Waals surface area contributed by atoms with Gasteiger partial charge in [0.1, 0.15) is 5.75 Å². The van der Waals surface area contributed by atoms with E-state index in [4.69, 9.17) is 17.0 Å². The number of carbonyl (C=O) groups is 2. The van der Waals surface area contributed by atoms with E-state index in [0.717, 1.165) is 6.42 Å². The van der Waals surface area contributed by atoms with Crippen molar-refractivity contribution in [3.63, 3.8) is 0 Å². The number of rotatable bonds is 8. The largest absolute Gasteiger partial charge is 0.492 e. The molecule has 0 bridgehead atoms. The second kappa shape index (κ2) is 11.7. The Kier molecular flexibility index (Phi) is 9.26. The normalized spacial score (nSPS) is 10.4. The number of hydrogen-bond acceptors (Lipinski definition) is 4. The molecule has 0 spiro atoms. The molecule has 30 heavy (non-hydrogen) atoms. The summed E-state index contributed by atoms with van der Waals surface area (Å²) < 4.78 is 6.45. The third kappa shape index (κ3) is 7.42. The van der Waals surface area contributed by atoms with Gasteiger partial charge in [-0.1, -0.05) is 13.8 Å². The predicted molar refractivity (Wildman–Crippen MR) is 127 cm³/mol. The van der Waals surface area contributed by atoms with Crippen molar-refractivity contribution in [1.82, 2.24) is 10.6 Å². The van der Waals surface area contributed by atoms with Gasteiger partial charge in [-0.2, -0.15) is 0 Å². The molecule has 0 aliphatic heterocycles. The number of thiocarbonyl (C=S) groups is 1. The second-order valence-electron chi connectivity index (χ2n) is 7.02. The highest BCUT2D eigenvalue weighted by atomic mass is 79.9. The lowest BCUT2D eigenvalue weighted by Gasteiger charge is -2.12. The summed E-state index contributed by atoms with van der Waals surface area (Å²) in [5.41, 5.74) is 1.68. The first kappa shape index (κ1) is 23.8. The molecule has 2 aromatic rings. The van der Waals surface area contributed by atoms with Gasteiger partial charge in [-0.25, -0.2) is 0 Å². The van der Waals surface area contributed by atoms with E-state index in [2.05, 4.69) is 45.7 Å². The number of nitrogens with one attached hydrogen (secondary N) is 3. The molecule has 2 rings (SSSR count). The van der Waals surface area contributed by atoms with E-state index < -0.39 is 0 Å². The summed E-state index contributed by atoms with van der Waals surface area (Å²) >= 11 is 8.67. The number of benzene rings is 2. The molecule has 0 atom stereocenters. The minimum atomic E-state index is -0.333. The lowest BCUT2D eigenvalue weighted by atomic mass is 10.1. The highest BCUT2D eigenvalue weighted by Gasteiger charge is 2.12. The van der Waals surface area contributed by atoms with Gasteiger partial charge >= 0.3 is 0 Å². The maximum atomic E-state index is 12.5. The lowest BCUT2D eigenvalue weighted by Crippen LogP contribution is -2.34. The average molecular weight is 492 g/mol. The van der Waals surface area contributed by atoms with Crippen LogP contribution in [0.4, 0.5) is 5.69 Å². The monoisotopic (exact) mass is 491 g/mol. The fourth-order valence-electron chi connectivity index (χ4n) is 2.47. The molecule has 160 valence electrons. The average Bonchev–Trinajstić information content (AvgIpc) is 2.69. The topological polar surface area (TPSA) is 79.5 Å². The van der Waals surface area contributed by atoms with Gasteiger partial charge < -0.3 is 15.4 Å². The standard InChI is InChI=1S/C22H26BrN3O3S/c1-4-24-20(27)15-5-8-17(9-6-15)25-22(30)26-21(28)16-7-10-19(18(23)13-16)29-12-11-14(2)3/h5-10,13-14H,4,11-12H2,1-3H3,(H,24,27)(H2,25,26,28,30). The molecule has 0 aromatic heterocycles. The van der Waals surface area contributed by atoms with Crippen molar-refractivity contribution in [1.29, 1.82) is 0 Å². The van der Waals surface area contributed by atoms with Gasteiger partial charge in [0, 0.05) is 23.4 Å². The minimum absolute atomic E-state index is 0.137. The fraction of sp³-hybridized carbons (Fsp3) is 0.318. The summed E-state index contributed by atoms with van der Waals surface area (Å²) in [6, 6.07) is 12.0. The molecule has 0 saturated carbocycles. The highest BCUT2D eigenvalue weighted by Crippen LogP contribution is 2.26. The van der Waals surface area contributed by atoms with E-state index in [9.17, 15) is 9.59 Å². The first-order valence-corrected chi connectivity index (χ1v) is 10.9. The molecule has 0 saturated heterocycles.